The topological polar surface area (TPSA) is 119 Å². The van der Waals surface area contributed by atoms with E-state index < -0.39 is 4.92 Å². The van der Waals surface area contributed by atoms with E-state index in [1.165, 1.54) is 17.4 Å². The molecule has 2 N–H and O–H groups in total. The summed E-state index contributed by atoms with van der Waals surface area (Å²) < 4.78 is 2.32. The Kier molecular flexibility index (Phi) is 6.06. The number of nitro groups is 1. The number of anilines is 1. The van der Waals surface area contributed by atoms with Gasteiger partial charge in [-0.3, -0.25) is 24.6 Å². The lowest BCUT2D eigenvalue weighted by atomic mass is 10.1. The number of H-pyrrole nitrogens is 1. The average molecular weight is 416 g/mol. The molecule has 3 aromatic rings. The van der Waals surface area contributed by atoms with E-state index >= 15 is 0 Å². The summed E-state index contributed by atoms with van der Waals surface area (Å²) >= 11 is 6.46. The Hall–Kier alpha value is -3.18. The molecule has 0 saturated heterocycles. The van der Waals surface area contributed by atoms with E-state index in [9.17, 15) is 14.9 Å². The number of nitrogens with zero attached hydrogens (tertiary/aromatic N) is 4. The van der Waals surface area contributed by atoms with Gasteiger partial charge in [-0.15, -0.1) is 17.9 Å². The quantitative estimate of drug-likeness (QED) is 0.252. The standard InChI is InChI=1S/C17H16N6O3S2/c1-2-7-22-14(20-21-17(22)27)9-12-10-28-16(18-12)19-15(24)8-11-5-3-4-6-13(11)23(25)26/h2-6,10H,1,7-9H2,(H,21,27)(H,18,19,24). The van der Waals surface area contributed by atoms with Crippen molar-refractivity contribution >= 4 is 40.3 Å². The highest BCUT2D eigenvalue weighted by atomic mass is 32.1. The number of aromatic nitrogens is 4. The Morgan fingerprint density at radius 1 is 1.46 bits per heavy atom. The fraction of sp³-hybridized carbons (Fsp3) is 0.176. The van der Waals surface area contributed by atoms with Crippen LogP contribution in [-0.4, -0.2) is 30.6 Å². The van der Waals surface area contributed by atoms with Gasteiger partial charge in [0.15, 0.2) is 9.90 Å². The predicted molar refractivity (Wildman–Crippen MR) is 108 cm³/mol. The van der Waals surface area contributed by atoms with Gasteiger partial charge in [-0.2, -0.15) is 5.10 Å². The normalized spacial score (nSPS) is 10.6. The van der Waals surface area contributed by atoms with Gasteiger partial charge >= 0.3 is 0 Å². The number of thiazole rings is 1. The number of nitro benzene ring substituents is 1. The van der Waals surface area contributed by atoms with Gasteiger partial charge < -0.3 is 5.32 Å². The van der Waals surface area contributed by atoms with Crippen molar-refractivity contribution in [2.24, 2.45) is 0 Å². The van der Waals surface area contributed by atoms with Gasteiger partial charge in [0.25, 0.3) is 5.69 Å². The van der Waals surface area contributed by atoms with Crippen molar-refractivity contribution in [3.63, 3.8) is 0 Å². The van der Waals surface area contributed by atoms with E-state index in [-0.39, 0.29) is 18.0 Å². The van der Waals surface area contributed by atoms with Crippen LogP contribution in [0.3, 0.4) is 0 Å². The third-order valence-corrected chi connectivity index (χ3v) is 4.94. The number of hydrogen-bond acceptors (Lipinski definition) is 7. The Balaban J connectivity index is 1.67. The number of aromatic amines is 1. The maximum absolute atomic E-state index is 12.3. The van der Waals surface area contributed by atoms with Crippen molar-refractivity contribution in [1.82, 2.24) is 19.7 Å². The molecular weight excluding hydrogens is 400 g/mol. The molecule has 0 aliphatic carbocycles. The second-order valence-corrected chi connectivity index (χ2v) is 7.02. The smallest absolute Gasteiger partial charge is 0.273 e. The van der Waals surface area contributed by atoms with Gasteiger partial charge in [0.2, 0.25) is 5.91 Å². The zero-order chi connectivity index (χ0) is 20.1. The summed E-state index contributed by atoms with van der Waals surface area (Å²) in [4.78, 5) is 27.2. The summed E-state index contributed by atoms with van der Waals surface area (Å²) in [6.07, 6.45) is 2.06. The summed E-state index contributed by atoms with van der Waals surface area (Å²) in [5.41, 5.74) is 0.995. The van der Waals surface area contributed by atoms with E-state index in [1.54, 1.807) is 24.3 Å². The summed E-state index contributed by atoms with van der Waals surface area (Å²) in [7, 11) is 0. The van der Waals surface area contributed by atoms with Crippen LogP contribution in [0.25, 0.3) is 0 Å². The zero-order valence-electron chi connectivity index (χ0n) is 14.6. The van der Waals surface area contributed by atoms with Crippen LogP contribution in [0.1, 0.15) is 17.1 Å². The number of allylic oxidation sites excluding steroid dienone is 1. The van der Waals surface area contributed by atoms with Crippen molar-refractivity contribution in [3.05, 3.63) is 74.3 Å². The fourth-order valence-electron chi connectivity index (χ4n) is 2.59. The van der Waals surface area contributed by atoms with Crippen molar-refractivity contribution in [3.8, 4) is 0 Å². The molecule has 0 unspecified atom stereocenters. The largest absolute Gasteiger partial charge is 0.302 e. The molecule has 0 aliphatic rings. The molecule has 0 fully saturated rings. The Morgan fingerprint density at radius 2 is 2.25 bits per heavy atom. The van der Waals surface area contributed by atoms with Crippen molar-refractivity contribution in [1.29, 1.82) is 0 Å². The number of carbonyl (C=O) groups excluding carboxylic acids is 1. The molecular formula is C17H16N6O3S2. The second kappa shape index (κ2) is 8.67. The molecule has 28 heavy (non-hydrogen) atoms. The molecule has 0 aliphatic heterocycles. The molecule has 3 rings (SSSR count). The number of hydrogen-bond donors (Lipinski definition) is 2. The zero-order valence-corrected chi connectivity index (χ0v) is 16.3. The molecule has 0 bridgehead atoms. The Labute approximate surface area is 168 Å². The van der Waals surface area contributed by atoms with E-state index in [4.69, 9.17) is 12.2 Å². The third-order valence-electron chi connectivity index (χ3n) is 3.83. The van der Waals surface area contributed by atoms with Crippen LogP contribution in [0.4, 0.5) is 10.8 Å². The minimum absolute atomic E-state index is 0.0810. The van der Waals surface area contributed by atoms with E-state index in [1.807, 2.05) is 9.95 Å². The van der Waals surface area contributed by atoms with Crippen LogP contribution in [-0.2, 0) is 24.2 Å². The van der Waals surface area contributed by atoms with E-state index in [2.05, 4.69) is 27.1 Å². The second-order valence-electron chi connectivity index (χ2n) is 5.78. The average Bonchev–Trinajstić information content (AvgIpc) is 3.23. The first-order chi connectivity index (χ1) is 13.5. The molecule has 2 aromatic heterocycles. The van der Waals surface area contributed by atoms with Crippen LogP contribution >= 0.6 is 23.6 Å². The van der Waals surface area contributed by atoms with E-state index in [0.29, 0.717) is 34.3 Å². The molecule has 1 amide bonds. The maximum Gasteiger partial charge on any atom is 0.273 e. The molecule has 2 heterocycles. The van der Waals surface area contributed by atoms with Gasteiger partial charge in [0, 0.05) is 23.6 Å². The first-order valence-electron chi connectivity index (χ1n) is 8.19. The first-order valence-corrected chi connectivity index (χ1v) is 9.48. The summed E-state index contributed by atoms with van der Waals surface area (Å²) in [5.74, 6) is 0.345. The molecule has 11 heteroatoms. The minimum atomic E-state index is -0.500. The van der Waals surface area contributed by atoms with Crippen LogP contribution in [0.2, 0.25) is 0 Å². The highest BCUT2D eigenvalue weighted by Crippen LogP contribution is 2.21. The molecule has 1 aromatic carbocycles. The molecule has 144 valence electrons. The first kappa shape index (κ1) is 19.6. The summed E-state index contributed by atoms with van der Waals surface area (Å²) in [5, 5.41) is 22.9. The minimum Gasteiger partial charge on any atom is -0.302 e. The number of para-hydroxylation sites is 1. The molecule has 0 spiro atoms. The SMILES string of the molecule is C=CCn1c(Cc2csc(NC(=O)Cc3ccccc3[N+](=O)[O-])n2)n[nH]c1=S. The highest BCUT2D eigenvalue weighted by Gasteiger charge is 2.16. The van der Waals surface area contributed by atoms with Crippen molar-refractivity contribution in [2.75, 3.05) is 5.32 Å². The lowest BCUT2D eigenvalue weighted by molar-refractivity contribution is -0.385. The van der Waals surface area contributed by atoms with Crippen LogP contribution < -0.4 is 5.32 Å². The Morgan fingerprint density at radius 3 is 3.00 bits per heavy atom. The maximum atomic E-state index is 12.3. The van der Waals surface area contributed by atoms with Crippen LogP contribution in [0, 0.1) is 14.9 Å². The van der Waals surface area contributed by atoms with Crippen LogP contribution in [0.5, 0.6) is 0 Å². The van der Waals surface area contributed by atoms with Crippen molar-refractivity contribution in [2.45, 2.75) is 19.4 Å². The fourth-order valence-corrected chi connectivity index (χ4v) is 3.54. The molecule has 9 nitrogen and oxygen atoms in total. The van der Waals surface area contributed by atoms with Gasteiger partial charge in [-0.25, -0.2) is 4.98 Å². The number of nitrogens with one attached hydrogen (secondary N) is 2. The molecule has 0 atom stereocenters. The summed E-state index contributed by atoms with van der Waals surface area (Å²) in [6.45, 7) is 4.24. The lowest BCUT2D eigenvalue weighted by Crippen LogP contribution is -2.15. The van der Waals surface area contributed by atoms with Crippen LogP contribution in [0.15, 0.2) is 42.3 Å². The lowest BCUT2D eigenvalue weighted by Gasteiger charge is -2.03. The number of rotatable bonds is 8. The van der Waals surface area contributed by atoms with Gasteiger partial charge in [0.05, 0.1) is 23.5 Å². The predicted octanol–water partition coefficient (Wildman–Crippen LogP) is 3.26. The van der Waals surface area contributed by atoms with Gasteiger partial charge in [-0.1, -0.05) is 24.3 Å². The number of benzene rings is 1. The monoisotopic (exact) mass is 416 g/mol. The van der Waals surface area contributed by atoms with Gasteiger partial charge in [-0.05, 0) is 12.2 Å². The third kappa shape index (κ3) is 4.56. The van der Waals surface area contributed by atoms with E-state index in [0.717, 1.165) is 5.69 Å². The molecule has 0 radical (unpaired) electrons. The Bertz CT molecular complexity index is 1080. The number of amides is 1. The van der Waals surface area contributed by atoms with Gasteiger partial charge in [0.1, 0.15) is 5.82 Å². The number of carbonyl (C=O) groups is 1. The molecule has 0 saturated carbocycles. The summed E-state index contributed by atoms with van der Waals surface area (Å²) in [6, 6.07) is 6.16. The highest BCUT2D eigenvalue weighted by molar-refractivity contribution is 7.71. The van der Waals surface area contributed by atoms with Crippen molar-refractivity contribution < 1.29 is 9.72 Å².